The van der Waals surface area contributed by atoms with Gasteiger partial charge in [-0.05, 0) is 42.6 Å². The minimum atomic E-state index is -0.0606. The molecule has 2 bridgehead atoms. The molecule has 2 aliphatic rings. The van der Waals surface area contributed by atoms with Gasteiger partial charge in [-0.15, -0.1) is 0 Å². The van der Waals surface area contributed by atoms with Gasteiger partial charge in [0.2, 0.25) is 0 Å². The van der Waals surface area contributed by atoms with Crippen molar-refractivity contribution in [2.75, 3.05) is 14.2 Å². The molecule has 2 aromatic carbocycles. The minimum Gasteiger partial charge on any atom is -0.469 e. The van der Waals surface area contributed by atoms with Crippen LogP contribution in [0, 0.1) is 5.92 Å². The fraction of sp³-hybridized carbons (Fsp3) is 0.450. The quantitative estimate of drug-likeness (QED) is 0.794. The fourth-order valence-corrected chi connectivity index (χ4v) is 4.82. The van der Waals surface area contributed by atoms with Crippen molar-refractivity contribution in [1.82, 2.24) is 4.90 Å². The molecule has 0 saturated carbocycles. The Balaban J connectivity index is 1.83. The van der Waals surface area contributed by atoms with E-state index in [1.165, 1.54) is 29.9 Å². The van der Waals surface area contributed by atoms with Crippen LogP contribution in [0.4, 0.5) is 0 Å². The predicted octanol–water partition coefficient (Wildman–Crippen LogP) is 3.58. The van der Waals surface area contributed by atoms with Crippen molar-refractivity contribution in [2.24, 2.45) is 5.92 Å². The molecule has 0 amide bonds. The molecule has 0 N–H and O–H groups in total. The molecule has 120 valence electrons. The highest BCUT2D eigenvalue weighted by Gasteiger charge is 2.49. The van der Waals surface area contributed by atoms with E-state index in [2.05, 4.69) is 54.4 Å². The SMILES string of the molecule is COC(=O)[C@@H]1[C@H]2CC[C@H](C[C@H]1c1cccc3ccccc13)N2C. The number of hydrogen-bond donors (Lipinski definition) is 0. The molecule has 3 heteroatoms. The van der Waals surface area contributed by atoms with Crippen LogP contribution >= 0.6 is 0 Å². The maximum absolute atomic E-state index is 12.6. The fourth-order valence-electron chi connectivity index (χ4n) is 4.82. The smallest absolute Gasteiger partial charge is 0.310 e. The summed E-state index contributed by atoms with van der Waals surface area (Å²) in [6, 6.07) is 15.9. The average Bonchev–Trinajstić information content (AvgIpc) is 2.83. The number of nitrogens with zero attached hydrogens (tertiary/aromatic N) is 1. The normalized spacial score (nSPS) is 30.5. The van der Waals surface area contributed by atoms with Crippen LogP contribution in [0.25, 0.3) is 10.8 Å². The number of carbonyl (C=O) groups excluding carboxylic acids is 1. The molecule has 0 unspecified atom stereocenters. The van der Waals surface area contributed by atoms with Crippen molar-refractivity contribution in [3.05, 3.63) is 48.0 Å². The number of piperidine rings is 1. The molecule has 0 aromatic heterocycles. The Morgan fingerprint density at radius 2 is 1.91 bits per heavy atom. The lowest BCUT2D eigenvalue weighted by Gasteiger charge is -2.42. The summed E-state index contributed by atoms with van der Waals surface area (Å²) in [5.41, 5.74) is 1.31. The Labute approximate surface area is 137 Å². The zero-order chi connectivity index (χ0) is 16.0. The van der Waals surface area contributed by atoms with Gasteiger partial charge >= 0.3 is 5.97 Å². The highest BCUT2D eigenvalue weighted by atomic mass is 16.5. The van der Waals surface area contributed by atoms with Gasteiger partial charge < -0.3 is 4.74 Å². The highest BCUT2D eigenvalue weighted by molar-refractivity contribution is 5.87. The molecule has 2 aliphatic heterocycles. The minimum absolute atomic E-state index is 0.0554. The third kappa shape index (κ3) is 2.26. The van der Waals surface area contributed by atoms with Crippen molar-refractivity contribution in [1.29, 1.82) is 0 Å². The Kier molecular flexibility index (Phi) is 3.61. The summed E-state index contributed by atoms with van der Waals surface area (Å²) < 4.78 is 5.19. The lowest BCUT2D eigenvalue weighted by molar-refractivity contribution is -0.150. The molecule has 0 radical (unpaired) electrons. The van der Waals surface area contributed by atoms with E-state index in [0.29, 0.717) is 12.1 Å². The van der Waals surface area contributed by atoms with E-state index in [0.717, 1.165) is 12.8 Å². The second-order valence-electron chi connectivity index (χ2n) is 6.92. The van der Waals surface area contributed by atoms with E-state index in [1.807, 2.05) is 0 Å². The second-order valence-corrected chi connectivity index (χ2v) is 6.92. The first-order chi connectivity index (χ1) is 11.2. The molecule has 2 heterocycles. The van der Waals surface area contributed by atoms with E-state index < -0.39 is 0 Å². The average molecular weight is 309 g/mol. The Morgan fingerprint density at radius 3 is 2.74 bits per heavy atom. The van der Waals surface area contributed by atoms with Crippen LogP contribution in [0.15, 0.2) is 42.5 Å². The first-order valence-corrected chi connectivity index (χ1v) is 8.48. The summed E-state index contributed by atoms with van der Waals surface area (Å²) in [5, 5.41) is 2.53. The van der Waals surface area contributed by atoms with Crippen LogP contribution in [0.3, 0.4) is 0 Å². The maximum atomic E-state index is 12.6. The summed E-state index contributed by atoms with van der Waals surface area (Å²) >= 11 is 0. The molecular weight excluding hydrogens is 286 g/mol. The lowest BCUT2D eigenvalue weighted by atomic mass is 9.75. The van der Waals surface area contributed by atoms with E-state index in [1.54, 1.807) is 0 Å². The zero-order valence-corrected chi connectivity index (χ0v) is 13.7. The Hall–Kier alpha value is -1.87. The van der Waals surface area contributed by atoms with E-state index in [9.17, 15) is 4.79 Å². The van der Waals surface area contributed by atoms with Gasteiger partial charge in [-0.25, -0.2) is 0 Å². The highest BCUT2D eigenvalue weighted by Crippen LogP contribution is 2.47. The van der Waals surface area contributed by atoms with E-state index >= 15 is 0 Å². The lowest BCUT2D eigenvalue weighted by Crippen LogP contribution is -2.49. The van der Waals surface area contributed by atoms with Gasteiger partial charge in [0.25, 0.3) is 0 Å². The Morgan fingerprint density at radius 1 is 1.13 bits per heavy atom. The van der Waals surface area contributed by atoms with Gasteiger partial charge in [-0.3, -0.25) is 9.69 Å². The molecule has 4 atom stereocenters. The number of fused-ring (bicyclic) bond motifs is 3. The van der Waals surface area contributed by atoms with Gasteiger partial charge in [0.15, 0.2) is 0 Å². The topological polar surface area (TPSA) is 29.5 Å². The number of ether oxygens (including phenoxy) is 1. The number of hydrogen-bond acceptors (Lipinski definition) is 3. The van der Waals surface area contributed by atoms with Crippen LogP contribution in [0.2, 0.25) is 0 Å². The summed E-state index contributed by atoms with van der Waals surface area (Å²) in [4.78, 5) is 15.0. The number of esters is 1. The molecular formula is C20H23NO2. The van der Waals surface area contributed by atoms with Crippen molar-refractivity contribution < 1.29 is 9.53 Å². The summed E-state index contributed by atoms with van der Waals surface area (Å²) in [5.74, 6) is 0.136. The summed E-state index contributed by atoms with van der Waals surface area (Å²) in [7, 11) is 3.68. The molecule has 3 nitrogen and oxygen atoms in total. The van der Waals surface area contributed by atoms with Crippen molar-refractivity contribution in [3.63, 3.8) is 0 Å². The largest absolute Gasteiger partial charge is 0.469 e. The molecule has 0 spiro atoms. The van der Waals surface area contributed by atoms with Crippen LogP contribution < -0.4 is 0 Å². The first kappa shape index (κ1) is 14.7. The van der Waals surface area contributed by atoms with Gasteiger partial charge in [0.1, 0.15) is 0 Å². The third-order valence-corrected chi connectivity index (χ3v) is 5.96. The monoisotopic (exact) mass is 309 g/mol. The molecule has 2 saturated heterocycles. The zero-order valence-electron chi connectivity index (χ0n) is 13.7. The van der Waals surface area contributed by atoms with Gasteiger partial charge in [0.05, 0.1) is 13.0 Å². The number of carbonyl (C=O) groups is 1. The van der Waals surface area contributed by atoms with Gasteiger partial charge in [-0.2, -0.15) is 0 Å². The van der Waals surface area contributed by atoms with Crippen LogP contribution in [-0.4, -0.2) is 37.1 Å². The summed E-state index contributed by atoms with van der Waals surface area (Å²) in [6.07, 6.45) is 3.33. The van der Waals surface area contributed by atoms with Crippen molar-refractivity contribution in [2.45, 2.75) is 37.3 Å². The number of methoxy groups -OCH3 is 1. The van der Waals surface area contributed by atoms with Crippen LogP contribution in [0.1, 0.15) is 30.7 Å². The molecule has 4 rings (SSSR count). The first-order valence-electron chi connectivity index (χ1n) is 8.48. The van der Waals surface area contributed by atoms with Gasteiger partial charge in [-0.1, -0.05) is 42.5 Å². The maximum Gasteiger partial charge on any atom is 0.310 e. The second kappa shape index (κ2) is 5.64. The number of benzene rings is 2. The van der Waals surface area contributed by atoms with Crippen LogP contribution in [-0.2, 0) is 9.53 Å². The summed E-state index contributed by atoms with van der Waals surface area (Å²) in [6.45, 7) is 0. The standard InChI is InChI=1S/C20H23NO2/c1-21-14-10-11-18(21)19(20(22)23-2)17(12-14)16-9-5-7-13-6-3-4-8-15(13)16/h3-9,14,17-19H,10-12H2,1-2H3/t14-,17+,18-,19+/m1/s1. The van der Waals surface area contributed by atoms with Crippen molar-refractivity contribution in [3.8, 4) is 0 Å². The van der Waals surface area contributed by atoms with Gasteiger partial charge in [0, 0.05) is 18.0 Å². The molecule has 2 aromatic rings. The van der Waals surface area contributed by atoms with Crippen molar-refractivity contribution >= 4 is 16.7 Å². The molecule has 23 heavy (non-hydrogen) atoms. The third-order valence-electron chi connectivity index (χ3n) is 5.96. The number of rotatable bonds is 2. The Bertz CT molecular complexity index is 736. The van der Waals surface area contributed by atoms with E-state index in [4.69, 9.17) is 4.74 Å². The van der Waals surface area contributed by atoms with E-state index in [-0.39, 0.29) is 17.8 Å². The van der Waals surface area contributed by atoms with Crippen LogP contribution in [0.5, 0.6) is 0 Å². The predicted molar refractivity (Wildman–Crippen MR) is 91.4 cm³/mol. The molecule has 2 fully saturated rings. The molecule has 0 aliphatic carbocycles.